The van der Waals surface area contributed by atoms with Crippen LogP contribution in [0.3, 0.4) is 0 Å². The topological polar surface area (TPSA) is 111 Å². The zero-order valence-corrected chi connectivity index (χ0v) is 22.2. The molecule has 7 nitrogen and oxygen atoms in total. The number of allylic oxidation sites excluding steroid dienone is 2. The lowest BCUT2D eigenvalue weighted by Gasteiger charge is -2.20. The second-order valence-corrected chi connectivity index (χ2v) is 11.1. The Morgan fingerprint density at radius 2 is 1.66 bits per heavy atom. The molecule has 0 atom stereocenters. The molecule has 38 heavy (non-hydrogen) atoms. The molecule has 0 amide bonds. The van der Waals surface area contributed by atoms with Crippen molar-refractivity contribution < 1.29 is 4.74 Å². The first-order chi connectivity index (χ1) is 18.4. The summed E-state index contributed by atoms with van der Waals surface area (Å²) in [5.74, 6) is 0.0424. The average molecular weight is 533 g/mol. The maximum atomic E-state index is 9.72. The number of rotatable bonds is 6. The van der Waals surface area contributed by atoms with Gasteiger partial charge in [-0.15, -0.1) is 27.8 Å². The molecule has 0 saturated carbocycles. The van der Waals surface area contributed by atoms with Crippen LogP contribution in [0.1, 0.15) is 24.3 Å². The van der Waals surface area contributed by atoms with Crippen LogP contribution >= 0.6 is 22.7 Å². The van der Waals surface area contributed by atoms with Crippen LogP contribution in [0.2, 0.25) is 0 Å². The van der Waals surface area contributed by atoms with Crippen LogP contribution in [0, 0.1) is 34.0 Å². The summed E-state index contributed by atoms with van der Waals surface area (Å²) in [4.78, 5) is 4.29. The standard InChI is InChI=1S/C29H20N6OS2/c1-29(2)23(22(16-32)28(36-29)20(14-30)15-31)10-8-21-9-11-26(37-21)27-13-12-25(38-27)24-18-35(34-33-24)17-19-6-4-3-5-7-19/h3-13,18H,17H2,1-2H3/b10-8+. The van der Waals surface area contributed by atoms with Crippen molar-refractivity contribution in [1.29, 1.82) is 15.8 Å². The van der Waals surface area contributed by atoms with E-state index in [9.17, 15) is 15.8 Å². The Morgan fingerprint density at radius 3 is 2.39 bits per heavy atom. The summed E-state index contributed by atoms with van der Waals surface area (Å²) in [5.41, 5.74) is 1.81. The van der Waals surface area contributed by atoms with Gasteiger partial charge in [0.1, 0.15) is 35.1 Å². The van der Waals surface area contributed by atoms with E-state index in [-0.39, 0.29) is 16.9 Å². The van der Waals surface area contributed by atoms with Crippen molar-refractivity contribution in [2.75, 3.05) is 0 Å². The van der Waals surface area contributed by atoms with Crippen molar-refractivity contribution in [3.63, 3.8) is 0 Å². The largest absolute Gasteiger partial charge is 0.480 e. The Balaban J connectivity index is 1.35. The van der Waals surface area contributed by atoms with E-state index in [0.29, 0.717) is 12.1 Å². The Bertz CT molecular complexity index is 1710. The van der Waals surface area contributed by atoms with Crippen LogP contribution < -0.4 is 0 Å². The number of hydrogen-bond donors (Lipinski definition) is 0. The van der Waals surface area contributed by atoms with Crippen LogP contribution in [-0.2, 0) is 11.3 Å². The smallest absolute Gasteiger partial charge is 0.172 e. The fourth-order valence-electron chi connectivity index (χ4n) is 4.09. The average Bonchev–Trinajstić information content (AvgIpc) is 3.70. The molecule has 0 aliphatic carbocycles. The first-order valence-electron chi connectivity index (χ1n) is 11.6. The molecule has 0 unspecified atom stereocenters. The van der Waals surface area contributed by atoms with Gasteiger partial charge in [-0.2, -0.15) is 15.8 Å². The van der Waals surface area contributed by atoms with Crippen molar-refractivity contribution in [2.45, 2.75) is 26.0 Å². The van der Waals surface area contributed by atoms with Gasteiger partial charge in [0, 0.05) is 20.2 Å². The van der Waals surface area contributed by atoms with Crippen molar-refractivity contribution >= 4 is 28.7 Å². The fraction of sp³-hybridized carbons (Fsp3) is 0.138. The Morgan fingerprint density at radius 1 is 0.947 bits per heavy atom. The number of nitriles is 3. The van der Waals surface area contributed by atoms with Gasteiger partial charge < -0.3 is 4.74 Å². The normalized spacial score (nSPS) is 14.2. The molecule has 1 aliphatic heterocycles. The molecule has 1 aromatic carbocycles. The van der Waals surface area contributed by atoms with Gasteiger partial charge >= 0.3 is 0 Å². The fourth-order valence-corrected chi connectivity index (χ4v) is 6.05. The molecular formula is C29H20N6OS2. The molecule has 4 heterocycles. The van der Waals surface area contributed by atoms with Crippen molar-refractivity contribution in [1.82, 2.24) is 15.0 Å². The second kappa shape index (κ2) is 10.3. The van der Waals surface area contributed by atoms with Gasteiger partial charge in [-0.3, -0.25) is 0 Å². The van der Waals surface area contributed by atoms with E-state index in [1.807, 2.05) is 73.3 Å². The minimum atomic E-state index is -0.837. The molecule has 0 N–H and O–H groups in total. The summed E-state index contributed by atoms with van der Waals surface area (Å²) in [6, 6.07) is 24.1. The number of nitrogens with zero attached hydrogens (tertiary/aromatic N) is 6. The highest BCUT2D eigenvalue weighted by Crippen LogP contribution is 2.41. The van der Waals surface area contributed by atoms with Gasteiger partial charge in [0.15, 0.2) is 11.3 Å². The lowest BCUT2D eigenvalue weighted by molar-refractivity contribution is 0.0954. The number of aromatic nitrogens is 3. The lowest BCUT2D eigenvalue weighted by Crippen LogP contribution is -2.20. The summed E-state index contributed by atoms with van der Waals surface area (Å²) in [7, 11) is 0. The number of thiophene rings is 2. The zero-order chi connectivity index (χ0) is 26.7. The molecule has 0 bridgehead atoms. The van der Waals surface area contributed by atoms with Gasteiger partial charge in [0.25, 0.3) is 0 Å². The number of hydrogen-bond acceptors (Lipinski definition) is 8. The summed E-state index contributed by atoms with van der Waals surface area (Å²) in [6.07, 6.45) is 5.72. The third-order valence-electron chi connectivity index (χ3n) is 5.93. The quantitative estimate of drug-likeness (QED) is 0.255. The summed E-state index contributed by atoms with van der Waals surface area (Å²) >= 11 is 3.29. The third kappa shape index (κ3) is 4.92. The van der Waals surface area contributed by atoms with E-state index in [0.717, 1.165) is 25.2 Å². The summed E-state index contributed by atoms with van der Waals surface area (Å²) in [6.45, 7) is 4.29. The van der Waals surface area contributed by atoms with E-state index in [1.54, 1.807) is 22.7 Å². The van der Waals surface area contributed by atoms with Gasteiger partial charge in [0.05, 0.1) is 17.6 Å². The monoisotopic (exact) mass is 532 g/mol. The van der Waals surface area contributed by atoms with Crippen molar-refractivity contribution in [3.8, 4) is 38.5 Å². The highest BCUT2D eigenvalue weighted by molar-refractivity contribution is 7.24. The molecule has 0 saturated heterocycles. The molecule has 5 rings (SSSR count). The molecular weight excluding hydrogens is 512 g/mol. The predicted molar refractivity (Wildman–Crippen MR) is 147 cm³/mol. The molecule has 184 valence electrons. The van der Waals surface area contributed by atoms with Crippen LogP contribution in [0.5, 0.6) is 0 Å². The minimum Gasteiger partial charge on any atom is -0.480 e. The maximum Gasteiger partial charge on any atom is 0.172 e. The maximum absolute atomic E-state index is 9.72. The lowest BCUT2D eigenvalue weighted by atomic mass is 9.94. The van der Waals surface area contributed by atoms with Crippen LogP contribution in [0.15, 0.2) is 89.3 Å². The minimum absolute atomic E-state index is 0.0424. The Kier molecular flexibility index (Phi) is 6.77. The van der Waals surface area contributed by atoms with E-state index in [2.05, 4.69) is 46.7 Å². The van der Waals surface area contributed by atoms with Gasteiger partial charge in [-0.1, -0.05) is 41.6 Å². The number of ether oxygens (including phenoxy) is 1. The van der Waals surface area contributed by atoms with Gasteiger partial charge in [0.2, 0.25) is 0 Å². The van der Waals surface area contributed by atoms with Gasteiger partial charge in [-0.05, 0) is 49.8 Å². The molecule has 4 aromatic rings. The first kappa shape index (κ1) is 24.9. The molecule has 1 aliphatic rings. The highest BCUT2D eigenvalue weighted by atomic mass is 32.1. The van der Waals surface area contributed by atoms with E-state index < -0.39 is 5.60 Å². The van der Waals surface area contributed by atoms with E-state index in [4.69, 9.17) is 4.74 Å². The highest BCUT2D eigenvalue weighted by Gasteiger charge is 2.38. The first-order valence-corrected chi connectivity index (χ1v) is 13.3. The molecule has 9 heteroatoms. The van der Waals surface area contributed by atoms with Crippen LogP contribution in [0.25, 0.3) is 26.4 Å². The molecule has 0 fully saturated rings. The molecule has 0 spiro atoms. The SMILES string of the molecule is CC1(C)OC(=C(C#N)C#N)C(C#N)=C1/C=C/c1ccc(-c2ccc(-c3cn(Cc4ccccc4)nn3)s2)s1. The Labute approximate surface area is 228 Å². The Hall–Kier alpha value is -4.75. The molecule has 3 aromatic heterocycles. The second-order valence-electron chi connectivity index (χ2n) is 8.93. The third-order valence-corrected chi connectivity index (χ3v) is 8.29. The van der Waals surface area contributed by atoms with Crippen LogP contribution in [-0.4, -0.2) is 20.6 Å². The molecule has 0 radical (unpaired) electrons. The summed E-state index contributed by atoms with van der Waals surface area (Å²) < 4.78 is 7.67. The van der Waals surface area contributed by atoms with Gasteiger partial charge in [-0.25, -0.2) is 4.68 Å². The van der Waals surface area contributed by atoms with Crippen LogP contribution in [0.4, 0.5) is 0 Å². The van der Waals surface area contributed by atoms with E-state index in [1.165, 1.54) is 5.56 Å². The predicted octanol–water partition coefficient (Wildman–Crippen LogP) is 6.73. The van der Waals surface area contributed by atoms with E-state index >= 15 is 0 Å². The van der Waals surface area contributed by atoms with Crippen molar-refractivity contribution in [2.24, 2.45) is 0 Å². The zero-order valence-electron chi connectivity index (χ0n) is 20.5. The van der Waals surface area contributed by atoms with Crippen molar-refractivity contribution in [3.05, 3.63) is 99.8 Å². The summed E-state index contributed by atoms with van der Waals surface area (Å²) in [5, 5.41) is 36.8. The number of benzene rings is 1.